The molecule has 17 heavy (non-hydrogen) atoms. The van der Waals surface area contributed by atoms with Gasteiger partial charge in [-0.15, -0.1) is 0 Å². The summed E-state index contributed by atoms with van der Waals surface area (Å²) in [7, 11) is 0. The van der Waals surface area contributed by atoms with Crippen molar-refractivity contribution in [2.45, 2.75) is 13.5 Å². The summed E-state index contributed by atoms with van der Waals surface area (Å²) in [4.78, 5) is 4.41. The monoisotopic (exact) mass is 228 g/mol. The van der Waals surface area contributed by atoms with Gasteiger partial charge in [0.25, 0.3) is 0 Å². The molecule has 0 spiro atoms. The maximum Gasteiger partial charge on any atom is 0.0597 e. The van der Waals surface area contributed by atoms with Crippen LogP contribution in [0.15, 0.2) is 36.4 Å². The Morgan fingerprint density at radius 2 is 1.94 bits per heavy atom. The van der Waals surface area contributed by atoms with E-state index in [1.165, 1.54) is 0 Å². The smallest absolute Gasteiger partial charge is 0.0597 e. The highest BCUT2D eigenvalue weighted by Crippen LogP contribution is 2.19. The lowest BCUT2D eigenvalue weighted by molar-refractivity contribution is 1.02. The molecule has 0 aliphatic carbocycles. The predicted octanol–water partition coefficient (Wildman–Crippen LogP) is 2.17. The normalized spacial score (nSPS) is 10.2. The first-order chi connectivity index (χ1) is 8.15. The maximum atomic E-state index is 5.73. The van der Waals surface area contributed by atoms with E-state index in [1.54, 1.807) is 6.07 Å². The number of hydrogen-bond acceptors (Lipinski definition) is 4. The fourth-order valence-electron chi connectivity index (χ4n) is 1.58. The SMILES string of the molecule is Cc1cccc(CNc2ccc(N)c(N)c2)n1. The number of aromatic nitrogens is 1. The zero-order chi connectivity index (χ0) is 12.3. The number of hydrogen-bond donors (Lipinski definition) is 3. The summed E-state index contributed by atoms with van der Waals surface area (Å²) < 4.78 is 0. The molecule has 0 bridgehead atoms. The predicted molar refractivity (Wildman–Crippen MR) is 71.6 cm³/mol. The van der Waals surface area contributed by atoms with E-state index in [9.17, 15) is 0 Å². The molecule has 5 N–H and O–H groups in total. The molecule has 0 unspecified atom stereocenters. The van der Waals surface area contributed by atoms with Crippen molar-refractivity contribution >= 4 is 17.1 Å². The van der Waals surface area contributed by atoms with Gasteiger partial charge >= 0.3 is 0 Å². The fraction of sp³-hybridized carbons (Fsp3) is 0.154. The van der Waals surface area contributed by atoms with E-state index in [-0.39, 0.29) is 0 Å². The van der Waals surface area contributed by atoms with Crippen molar-refractivity contribution in [3.63, 3.8) is 0 Å². The van der Waals surface area contributed by atoms with Crippen LogP contribution < -0.4 is 16.8 Å². The van der Waals surface area contributed by atoms with Crippen LogP contribution in [0.25, 0.3) is 0 Å². The highest BCUT2D eigenvalue weighted by Gasteiger charge is 1.98. The lowest BCUT2D eigenvalue weighted by atomic mass is 10.2. The second-order valence-corrected chi connectivity index (χ2v) is 3.97. The first-order valence-electron chi connectivity index (χ1n) is 5.46. The Kier molecular flexibility index (Phi) is 3.14. The van der Waals surface area contributed by atoms with Crippen LogP contribution in [0.2, 0.25) is 0 Å². The average Bonchev–Trinajstić information content (AvgIpc) is 2.31. The van der Waals surface area contributed by atoms with Gasteiger partial charge in [-0.1, -0.05) is 6.07 Å². The van der Waals surface area contributed by atoms with Gasteiger partial charge < -0.3 is 16.8 Å². The van der Waals surface area contributed by atoms with Crippen molar-refractivity contribution in [1.82, 2.24) is 4.98 Å². The standard InChI is InChI=1S/C13H16N4/c1-9-3-2-4-11(17-9)8-16-10-5-6-12(14)13(15)7-10/h2-7,16H,8,14-15H2,1H3. The van der Waals surface area contributed by atoms with Crippen molar-refractivity contribution in [3.8, 4) is 0 Å². The number of nitrogens with one attached hydrogen (secondary N) is 1. The fourth-order valence-corrected chi connectivity index (χ4v) is 1.58. The van der Waals surface area contributed by atoms with E-state index in [4.69, 9.17) is 11.5 Å². The first-order valence-corrected chi connectivity index (χ1v) is 5.46. The number of nitrogens with zero attached hydrogens (tertiary/aromatic N) is 1. The van der Waals surface area contributed by atoms with E-state index in [0.717, 1.165) is 17.1 Å². The third kappa shape index (κ3) is 2.87. The third-order valence-electron chi connectivity index (χ3n) is 2.51. The Hall–Kier alpha value is -2.23. The maximum absolute atomic E-state index is 5.73. The van der Waals surface area contributed by atoms with E-state index in [2.05, 4.69) is 10.3 Å². The highest BCUT2D eigenvalue weighted by atomic mass is 14.9. The van der Waals surface area contributed by atoms with Crippen LogP contribution >= 0.6 is 0 Å². The Bertz CT molecular complexity index is 523. The summed E-state index contributed by atoms with van der Waals surface area (Å²) in [5.41, 5.74) is 15.5. The first kappa shape index (κ1) is 11.3. The Morgan fingerprint density at radius 3 is 2.65 bits per heavy atom. The van der Waals surface area contributed by atoms with Crippen LogP contribution in [0.4, 0.5) is 17.1 Å². The second-order valence-electron chi connectivity index (χ2n) is 3.97. The lowest BCUT2D eigenvalue weighted by Crippen LogP contribution is -2.03. The molecule has 0 aliphatic heterocycles. The molecule has 2 rings (SSSR count). The molecule has 0 amide bonds. The van der Waals surface area contributed by atoms with Gasteiger partial charge in [0.2, 0.25) is 0 Å². The van der Waals surface area contributed by atoms with Crippen molar-refractivity contribution < 1.29 is 0 Å². The Labute approximate surface area is 101 Å². The molecule has 1 aromatic heterocycles. The Morgan fingerprint density at radius 1 is 1.12 bits per heavy atom. The minimum Gasteiger partial charge on any atom is -0.397 e. The minimum absolute atomic E-state index is 0.590. The summed E-state index contributed by atoms with van der Waals surface area (Å²) >= 11 is 0. The van der Waals surface area contributed by atoms with Gasteiger partial charge in [-0.2, -0.15) is 0 Å². The molecule has 88 valence electrons. The summed E-state index contributed by atoms with van der Waals surface area (Å²) in [6.45, 7) is 2.65. The van der Waals surface area contributed by atoms with Crippen molar-refractivity contribution in [3.05, 3.63) is 47.8 Å². The number of benzene rings is 1. The van der Waals surface area contributed by atoms with Gasteiger partial charge in [0.15, 0.2) is 0 Å². The van der Waals surface area contributed by atoms with Gasteiger partial charge in [0.05, 0.1) is 23.6 Å². The third-order valence-corrected chi connectivity index (χ3v) is 2.51. The largest absolute Gasteiger partial charge is 0.397 e. The van der Waals surface area contributed by atoms with Gasteiger partial charge in [-0.05, 0) is 37.3 Å². The molecular formula is C13H16N4. The molecule has 0 atom stereocenters. The second kappa shape index (κ2) is 4.74. The zero-order valence-electron chi connectivity index (χ0n) is 9.77. The van der Waals surface area contributed by atoms with E-state index in [0.29, 0.717) is 17.9 Å². The van der Waals surface area contributed by atoms with Crippen molar-refractivity contribution in [1.29, 1.82) is 0 Å². The van der Waals surface area contributed by atoms with Crippen LogP contribution in [-0.2, 0) is 6.54 Å². The lowest BCUT2D eigenvalue weighted by Gasteiger charge is -2.08. The number of aryl methyl sites for hydroxylation is 1. The van der Waals surface area contributed by atoms with Crippen LogP contribution in [0.1, 0.15) is 11.4 Å². The van der Waals surface area contributed by atoms with E-state index in [1.807, 2.05) is 37.3 Å². The topological polar surface area (TPSA) is 77.0 Å². The van der Waals surface area contributed by atoms with E-state index >= 15 is 0 Å². The van der Waals surface area contributed by atoms with Crippen molar-refractivity contribution in [2.24, 2.45) is 0 Å². The molecule has 0 radical (unpaired) electrons. The summed E-state index contributed by atoms with van der Waals surface area (Å²) in [5, 5.41) is 3.26. The average molecular weight is 228 g/mol. The molecule has 0 saturated heterocycles. The van der Waals surface area contributed by atoms with Crippen LogP contribution in [-0.4, -0.2) is 4.98 Å². The van der Waals surface area contributed by atoms with Crippen LogP contribution in [0.3, 0.4) is 0 Å². The number of rotatable bonds is 3. The summed E-state index contributed by atoms with van der Waals surface area (Å²) in [5.74, 6) is 0. The highest BCUT2D eigenvalue weighted by molar-refractivity contribution is 5.69. The van der Waals surface area contributed by atoms with Gasteiger partial charge in [0, 0.05) is 11.4 Å². The molecule has 4 nitrogen and oxygen atoms in total. The molecule has 1 aromatic carbocycles. The number of anilines is 3. The summed E-state index contributed by atoms with van der Waals surface area (Å²) in [6.07, 6.45) is 0. The quantitative estimate of drug-likeness (QED) is 0.704. The van der Waals surface area contributed by atoms with Crippen LogP contribution in [0.5, 0.6) is 0 Å². The molecule has 1 heterocycles. The molecule has 4 heteroatoms. The molecule has 0 aliphatic rings. The summed E-state index contributed by atoms with van der Waals surface area (Å²) in [6, 6.07) is 11.5. The van der Waals surface area contributed by atoms with E-state index < -0.39 is 0 Å². The van der Waals surface area contributed by atoms with Gasteiger partial charge in [-0.3, -0.25) is 4.98 Å². The molecular weight excluding hydrogens is 212 g/mol. The molecule has 2 aromatic rings. The van der Waals surface area contributed by atoms with Gasteiger partial charge in [0.1, 0.15) is 0 Å². The number of nitrogen functional groups attached to an aromatic ring is 2. The number of nitrogens with two attached hydrogens (primary N) is 2. The Balaban J connectivity index is 2.05. The van der Waals surface area contributed by atoms with Gasteiger partial charge in [-0.25, -0.2) is 0 Å². The molecule has 0 fully saturated rings. The molecule has 0 saturated carbocycles. The van der Waals surface area contributed by atoms with Crippen molar-refractivity contribution in [2.75, 3.05) is 16.8 Å². The zero-order valence-corrected chi connectivity index (χ0v) is 9.77. The number of pyridine rings is 1. The minimum atomic E-state index is 0.590. The van der Waals surface area contributed by atoms with Crippen LogP contribution in [0, 0.1) is 6.92 Å².